The average molecular weight is 205 g/mol. The van der Waals surface area contributed by atoms with Gasteiger partial charge in [0.05, 0.1) is 0 Å². The van der Waals surface area contributed by atoms with E-state index in [2.05, 4.69) is 26.0 Å². The van der Waals surface area contributed by atoms with E-state index in [9.17, 15) is 10.1 Å². The summed E-state index contributed by atoms with van der Waals surface area (Å²) in [6.07, 6.45) is 8.42. The second kappa shape index (κ2) is 3.65. The Morgan fingerprint density at radius 2 is 2.07 bits per heavy atom. The van der Waals surface area contributed by atoms with Crippen molar-refractivity contribution >= 4 is 0 Å². The fourth-order valence-electron chi connectivity index (χ4n) is 2.20. The van der Waals surface area contributed by atoms with Gasteiger partial charge >= 0.3 is 0 Å². The van der Waals surface area contributed by atoms with Crippen molar-refractivity contribution in [1.82, 2.24) is 0 Å². The van der Waals surface area contributed by atoms with Crippen LogP contribution in [0.25, 0.3) is 0 Å². The molecule has 0 spiro atoms. The van der Waals surface area contributed by atoms with Gasteiger partial charge in [-0.15, -0.1) is 0 Å². The molecule has 3 unspecified atom stereocenters. The Morgan fingerprint density at radius 3 is 2.73 bits per heavy atom. The van der Waals surface area contributed by atoms with E-state index in [0.29, 0.717) is 18.3 Å². The normalized spacial score (nSPS) is 34.1. The van der Waals surface area contributed by atoms with Crippen LogP contribution in [0.5, 0.6) is 0 Å². The molecule has 0 bridgehead atoms. The molecular formula is C12H15NO2. The summed E-state index contributed by atoms with van der Waals surface area (Å²) in [6.45, 7) is 4.36. The Labute approximate surface area is 89.3 Å². The Morgan fingerprint density at radius 1 is 1.33 bits per heavy atom. The summed E-state index contributed by atoms with van der Waals surface area (Å²) in [7, 11) is 0. The zero-order valence-corrected chi connectivity index (χ0v) is 9.01. The molecule has 0 aromatic carbocycles. The van der Waals surface area contributed by atoms with E-state index in [1.54, 1.807) is 6.08 Å². The standard InChI is InChI=1S/C12H15NO2/c1-8-3-4-10-7-11(13(14)15)5-6-12(10)9(8)2/h3-6,8-9,11H,7H2,1-2H3. The first-order valence-corrected chi connectivity index (χ1v) is 5.32. The van der Waals surface area contributed by atoms with Gasteiger partial charge < -0.3 is 0 Å². The number of nitrogens with zero attached hydrogens (tertiary/aromatic N) is 1. The van der Waals surface area contributed by atoms with Crippen LogP contribution in [0.3, 0.4) is 0 Å². The molecule has 0 saturated carbocycles. The molecule has 0 radical (unpaired) electrons. The van der Waals surface area contributed by atoms with Crippen LogP contribution in [0, 0.1) is 22.0 Å². The third-order valence-corrected chi connectivity index (χ3v) is 3.45. The predicted octanol–water partition coefficient (Wildman–Crippen LogP) is 2.73. The van der Waals surface area contributed by atoms with E-state index >= 15 is 0 Å². The van der Waals surface area contributed by atoms with Crippen molar-refractivity contribution in [3.05, 3.63) is 45.6 Å². The number of rotatable bonds is 1. The molecule has 3 nitrogen and oxygen atoms in total. The third-order valence-electron chi connectivity index (χ3n) is 3.45. The highest BCUT2D eigenvalue weighted by molar-refractivity contribution is 5.42. The fraction of sp³-hybridized carbons (Fsp3) is 0.500. The van der Waals surface area contributed by atoms with E-state index in [-0.39, 0.29) is 4.92 Å². The molecule has 0 aromatic rings. The maximum absolute atomic E-state index is 10.7. The fourth-order valence-corrected chi connectivity index (χ4v) is 2.20. The molecule has 3 heteroatoms. The molecule has 0 fully saturated rings. The largest absolute Gasteiger partial charge is 0.264 e. The lowest BCUT2D eigenvalue weighted by Gasteiger charge is -2.27. The first-order valence-electron chi connectivity index (χ1n) is 5.32. The number of hydrogen-bond donors (Lipinski definition) is 0. The Balaban J connectivity index is 2.26. The summed E-state index contributed by atoms with van der Waals surface area (Å²) in [6, 6.07) is -0.533. The van der Waals surface area contributed by atoms with E-state index in [0.717, 1.165) is 5.57 Å². The maximum atomic E-state index is 10.7. The van der Waals surface area contributed by atoms with Crippen molar-refractivity contribution in [3.8, 4) is 0 Å². The average Bonchev–Trinajstić information content (AvgIpc) is 2.23. The summed E-state index contributed by atoms with van der Waals surface area (Å²) >= 11 is 0. The van der Waals surface area contributed by atoms with Gasteiger partial charge in [0.1, 0.15) is 0 Å². The molecule has 2 aliphatic rings. The first-order chi connectivity index (χ1) is 7.09. The smallest absolute Gasteiger partial charge is 0.235 e. The lowest BCUT2D eigenvalue weighted by molar-refractivity contribution is -0.508. The monoisotopic (exact) mass is 205 g/mol. The topological polar surface area (TPSA) is 43.1 Å². The SMILES string of the molecule is CC1C=CC2=C(C=CC([N+](=O)[O-])C2)C1C. The van der Waals surface area contributed by atoms with Gasteiger partial charge in [-0.1, -0.05) is 32.1 Å². The minimum atomic E-state index is -0.533. The van der Waals surface area contributed by atoms with Crippen LogP contribution in [0.4, 0.5) is 0 Å². The molecule has 0 heterocycles. The van der Waals surface area contributed by atoms with Gasteiger partial charge in [-0.05, 0) is 29.1 Å². The molecule has 0 aliphatic heterocycles. The van der Waals surface area contributed by atoms with Gasteiger partial charge in [0.2, 0.25) is 6.04 Å². The third kappa shape index (κ3) is 1.74. The maximum Gasteiger partial charge on any atom is 0.235 e. The van der Waals surface area contributed by atoms with Crippen LogP contribution >= 0.6 is 0 Å². The van der Waals surface area contributed by atoms with Gasteiger partial charge in [-0.3, -0.25) is 10.1 Å². The summed E-state index contributed by atoms with van der Waals surface area (Å²) in [4.78, 5) is 10.5. The Bertz CT molecular complexity index is 379. The van der Waals surface area contributed by atoms with Crippen LogP contribution in [0.1, 0.15) is 20.3 Å². The Hall–Kier alpha value is -1.38. The van der Waals surface area contributed by atoms with Crippen LogP contribution < -0.4 is 0 Å². The van der Waals surface area contributed by atoms with Gasteiger partial charge in [0.15, 0.2) is 0 Å². The van der Waals surface area contributed by atoms with Crippen molar-refractivity contribution in [2.24, 2.45) is 11.8 Å². The highest BCUT2D eigenvalue weighted by Gasteiger charge is 2.28. The number of nitro groups is 1. The van der Waals surface area contributed by atoms with Crippen LogP contribution in [0.15, 0.2) is 35.5 Å². The lowest BCUT2D eigenvalue weighted by Crippen LogP contribution is -2.23. The van der Waals surface area contributed by atoms with Crippen LogP contribution in [0.2, 0.25) is 0 Å². The van der Waals surface area contributed by atoms with Crippen molar-refractivity contribution in [1.29, 1.82) is 0 Å². The number of allylic oxidation sites excluding steroid dienone is 4. The second-order valence-electron chi connectivity index (χ2n) is 4.40. The highest BCUT2D eigenvalue weighted by atomic mass is 16.6. The van der Waals surface area contributed by atoms with Crippen molar-refractivity contribution in [2.45, 2.75) is 26.3 Å². The van der Waals surface area contributed by atoms with Crippen molar-refractivity contribution in [3.63, 3.8) is 0 Å². The zero-order valence-electron chi connectivity index (χ0n) is 9.01. The van der Waals surface area contributed by atoms with Crippen molar-refractivity contribution in [2.75, 3.05) is 0 Å². The molecule has 15 heavy (non-hydrogen) atoms. The van der Waals surface area contributed by atoms with E-state index < -0.39 is 6.04 Å². The quantitative estimate of drug-likeness (QED) is 0.488. The summed E-state index contributed by atoms with van der Waals surface area (Å²) in [5, 5.41) is 10.7. The first kappa shape index (κ1) is 10.1. The van der Waals surface area contributed by atoms with E-state index in [1.807, 2.05) is 6.08 Å². The van der Waals surface area contributed by atoms with E-state index in [4.69, 9.17) is 0 Å². The molecule has 0 aromatic heterocycles. The van der Waals surface area contributed by atoms with Gasteiger partial charge in [-0.25, -0.2) is 0 Å². The Kier molecular flexibility index (Phi) is 2.47. The molecule has 0 N–H and O–H groups in total. The van der Waals surface area contributed by atoms with Gasteiger partial charge in [0, 0.05) is 11.3 Å². The number of hydrogen-bond acceptors (Lipinski definition) is 2. The summed E-state index contributed by atoms with van der Waals surface area (Å²) in [5.74, 6) is 1.01. The molecule has 0 saturated heterocycles. The predicted molar refractivity (Wildman–Crippen MR) is 59.0 cm³/mol. The van der Waals surface area contributed by atoms with Gasteiger partial charge in [0.25, 0.3) is 0 Å². The minimum absolute atomic E-state index is 0.211. The molecule has 3 atom stereocenters. The molecule has 2 rings (SSSR count). The van der Waals surface area contributed by atoms with E-state index in [1.165, 1.54) is 5.57 Å². The molecule has 0 amide bonds. The van der Waals surface area contributed by atoms with Gasteiger partial charge in [-0.2, -0.15) is 0 Å². The second-order valence-corrected chi connectivity index (χ2v) is 4.40. The van der Waals surface area contributed by atoms with Crippen LogP contribution in [-0.2, 0) is 0 Å². The molecule has 80 valence electrons. The lowest BCUT2D eigenvalue weighted by atomic mass is 9.77. The summed E-state index contributed by atoms with van der Waals surface area (Å²) < 4.78 is 0. The van der Waals surface area contributed by atoms with Crippen LogP contribution in [-0.4, -0.2) is 11.0 Å². The molecular weight excluding hydrogens is 190 g/mol. The highest BCUT2D eigenvalue weighted by Crippen LogP contribution is 2.35. The molecule has 2 aliphatic carbocycles. The minimum Gasteiger partial charge on any atom is -0.264 e. The van der Waals surface area contributed by atoms with Crippen molar-refractivity contribution < 1.29 is 4.92 Å². The summed E-state index contributed by atoms with van der Waals surface area (Å²) in [5.41, 5.74) is 2.42. The zero-order chi connectivity index (χ0) is 11.0.